The summed E-state index contributed by atoms with van der Waals surface area (Å²) in [7, 11) is 1.64. The normalized spacial score (nSPS) is 10.8. The van der Waals surface area contributed by atoms with Crippen LogP contribution in [0.2, 0.25) is 0 Å². The van der Waals surface area contributed by atoms with Crippen molar-refractivity contribution < 1.29 is 4.74 Å². The van der Waals surface area contributed by atoms with Crippen LogP contribution in [0.3, 0.4) is 0 Å². The first kappa shape index (κ1) is 12.2. The highest BCUT2D eigenvalue weighted by atomic mass is 79.9. The number of nitrogens with zero attached hydrogens (tertiary/aromatic N) is 3. The van der Waals surface area contributed by atoms with Crippen LogP contribution in [-0.2, 0) is 6.42 Å². The Morgan fingerprint density at radius 3 is 2.68 bits per heavy atom. The van der Waals surface area contributed by atoms with Crippen molar-refractivity contribution in [3.63, 3.8) is 0 Å². The first-order valence-corrected chi connectivity index (χ1v) is 6.67. The molecule has 5 heteroatoms. The smallest absolute Gasteiger partial charge is 0.156 e. The number of rotatable bonds is 3. The lowest BCUT2D eigenvalue weighted by Gasteiger charge is -1.97. The van der Waals surface area contributed by atoms with Crippen LogP contribution in [0.1, 0.15) is 11.4 Å². The van der Waals surface area contributed by atoms with Crippen molar-refractivity contribution in [3.8, 4) is 5.75 Å². The molecule has 3 aromatic rings. The van der Waals surface area contributed by atoms with Crippen molar-refractivity contribution in [2.75, 3.05) is 7.11 Å². The Hall–Kier alpha value is -1.88. The van der Waals surface area contributed by atoms with E-state index >= 15 is 0 Å². The maximum absolute atomic E-state index is 5.17. The molecule has 0 saturated carbocycles. The van der Waals surface area contributed by atoms with Crippen molar-refractivity contribution in [3.05, 3.63) is 58.5 Å². The number of methoxy groups -OCH3 is 1. The largest absolute Gasteiger partial charge is 0.495 e. The molecule has 0 saturated heterocycles. The third-order valence-corrected chi connectivity index (χ3v) is 3.39. The molecule has 19 heavy (non-hydrogen) atoms. The zero-order valence-electron chi connectivity index (χ0n) is 10.4. The molecule has 0 radical (unpaired) electrons. The number of pyridine rings is 1. The Morgan fingerprint density at radius 1 is 1.16 bits per heavy atom. The first-order chi connectivity index (χ1) is 9.24. The van der Waals surface area contributed by atoms with Crippen LogP contribution in [0.25, 0.3) is 5.65 Å². The number of fused-ring (bicyclic) bond motifs is 1. The van der Waals surface area contributed by atoms with Gasteiger partial charge in [0.2, 0.25) is 0 Å². The second-order valence-electron chi connectivity index (χ2n) is 4.20. The maximum atomic E-state index is 5.17. The van der Waals surface area contributed by atoms with Gasteiger partial charge in [0.25, 0.3) is 0 Å². The molecule has 0 aliphatic carbocycles. The van der Waals surface area contributed by atoms with E-state index in [1.807, 2.05) is 30.5 Å². The van der Waals surface area contributed by atoms with Crippen molar-refractivity contribution in [1.82, 2.24) is 14.6 Å². The molecule has 4 nitrogen and oxygen atoms in total. The SMILES string of the molecule is COc1ccc2nc(Cc3ccc(Br)cc3)nn2c1. The summed E-state index contributed by atoms with van der Waals surface area (Å²) in [5.41, 5.74) is 2.01. The molecular weight excluding hydrogens is 306 g/mol. The molecule has 3 rings (SSSR count). The monoisotopic (exact) mass is 317 g/mol. The van der Waals surface area contributed by atoms with Gasteiger partial charge in [-0.25, -0.2) is 9.50 Å². The maximum Gasteiger partial charge on any atom is 0.156 e. The summed E-state index contributed by atoms with van der Waals surface area (Å²) in [4.78, 5) is 4.49. The molecule has 0 fully saturated rings. The van der Waals surface area contributed by atoms with Crippen LogP contribution in [-0.4, -0.2) is 21.7 Å². The van der Waals surface area contributed by atoms with Crippen molar-refractivity contribution in [2.24, 2.45) is 0 Å². The lowest BCUT2D eigenvalue weighted by atomic mass is 10.1. The molecule has 0 aliphatic rings. The minimum atomic E-state index is 0.720. The number of halogens is 1. The van der Waals surface area contributed by atoms with E-state index in [4.69, 9.17) is 4.74 Å². The molecule has 96 valence electrons. The Morgan fingerprint density at radius 2 is 1.95 bits per heavy atom. The first-order valence-electron chi connectivity index (χ1n) is 5.88. The van der Waals surface area contributed by atoms with Crippen LogP contribution in [0.4, 0.5) is 0 Å². The van der Waals surface area contributed by atoms with Gasteiger partial charge in [-0.3, -0.25) is 0 Å². The van der Waals surface area contributed by atoms with Crippen molar-refractivity contribution >= 4 is 21.6 Å². The molecule has 0 amide bonds. The molecule has 2 aromatic heterocycles. The van der Waals surface area contributed by atoms with E-state index in [-0.39, 0.29) is 0 Å². The van der Waals surface area contributed by atoms with E-state index in [1.54, 1.807) is 11.6 Å². The lowest BCUT2D eigenvalue weighted by molar-refractivity contribution is 0.411. The minimum Gasteiger partial charge on any atom is -0.495 e. The van der Waals surface area contributed by atoms with Gasteiger partial charge in [-0.15, -0.1) is 0 Å². The number of aromatic nitrogens is 3. The summed E-state index contributed by atoms with van der Waals surface area (Å²) >= 11 is 3.43. The molecule has 2 heterocycles. The molecule has 0 bridgehead atoms. The molecule has 0 aliphatic heterocycles. The van der Waals surface area contributed by atoms with Crippen LogP contribution < -0.4 is 4.74 Å². The van der Waals surface area contributed by atoms with E-state index in [2.05, 4.69) is 38.1 Å². The summed E-state index contributed by atoms with van der Waals surface area (Å²) in [5, 5.41) is 4.45. The van der Waals surface area contributed by atoms with Gasteiger partial charge in [-0.1, -0.05) is 28.1 Å². The number of hydrogen-bond donors (Lipinski definition) is 0. The number of ether oxygens (including phenoxy) is 1. The summed E-state index contributed by atoms with van der Waals surface area (Å²) in [6, 6.07) is 12.0. The van der Waals surface area contributed by atoms with Gasteiger partial charge in [0.15, 0.2) is 11.5 Å². The van der Waals surface area contributed by atoms with Crippen LogP contribution in [0, 0.1) is 0 Å². The van der Waals surface area contributed by atoms with Gasteiger partial charge in [-0.2, -0.15) is 5.10 Å². The third-order valence-electron chi connectivity index (χ3n) is 2.86. The van der Waals surface area contributed by atoms with Crippen molar-refractivity contribution in [1.29, 1.82) is 0 Å². The average Bonchev–Trinajstić information content (AvgIpc) is 2.82. The number of benzene rings is 1. The van der Waals surface area contributed by atoms with Crippen LogP contribution in [0.15, 0.2) is 47.1 Å². The molecule has 0 N–H and O–H groups in total. The van der Waals surface area contributed by atoms with Gasteiger partial charge < -0.3 is 4.74 Å². The fourth-order valence-corrected chi connectivity index (χ4v) is 2.16. The highest BCUT2D eigenvalue weighted by molar-refractivity contribution is 9.10. The van der Waals surface area contributed by atoms with Gasteiger partial charge in [0.1, 0.15) is 5.75 Å². The quantitative estimate of drug-likeness (QED) is 0.745. The number of hydrogen-bond acceptors (Lipinski definition) is 3. The average molecular weight is 318 g/mol. The third kappa shape index (κ3) is 2.61. The predicted molar refractivity (Wildman–Crippen MR) is 76.5 cm³/mol. The predicted octanol–water partition coefficient (Wildman–Crippen LogP) is 3.09. The highest BCUT2D eigenvalue weighted by Gasteiger charge is 2.05. The topological polar surface area (TPSA) is 39.4 Å². The van der Waals surface area contributed by atoms with E-state index in [9.17, 15) is 0 Å². The summed E-state index contributed by atoms with van der Waals surface area (Å²) in [6.07, 6.45) is 2.55. The highest BCUT2D eigenvalue weighted by Crippen LogP contribution is 2.15. The fraction of sp³-hybridized carbons (Fsp3) is 0.143. The fourth-order valence-electron chi connectivity index (χ4n) is 1.89. The standard InChI is InChI=1S/C14H12BrN3O/c1-19-12-6-7-14-16-13(17-18(14)9-12)8-10-2-4-11(15)5-3-10/h2-7,9H,8H2,1H3. The second kappa shape index (κ2) is 5.01. The van der Waals surface area contributed by atoms with Crippen LogP contribution in [0.5, 0.6) is 5.75 Å². The Balaban J connectivity index is 1.90. The molecule has 1 aromatic carbocycles. The summed E-state index contributed by atoms with van der Waals surface area (Å²) in [5.74, 6) is 1.57. The van der Waals surface area contributed by atoms with E-state index < -0.39 is 0 Å². The van der Waals surface area contributed by atoms with Gasteiger partial charge in [0, 0.05) is 10.9 Å². The van der Waals surface area contributed by atoms with E-state index in [1.165, 1.54) is 5.56 Å². The zero-order chi connectivity index (χ0) is 13.2. The summed E-state index contributed by atoms with van der Waals surface area (Å²) in [6.45, 7) is 0. The van der Waals surface area contributed by atoms with Gasteiger partial charge in [-0.05, 0) is 29.8 Å². The summed E-state index contributed by atoms with van der Waals surface area (Å²) < 4.78 is 7.99. The molecular formula is C14H12BrN3O. The minimum absolute atomic E-state index is 0.720. The lowest BCUT2D eigenvalue weighted by Crippen LogP contribution is -1.92. The molecule has 0 atom stereocenters. The Bertz CT molecular complexity index is 706. The second-order valence-corrected chi connectivity index (χ2v) is 5.12. The molecule has 0 unspecified atom stereocenters. The van der Waals surface area contributed by atoms with Gasteiger partial charge >= 0.3 is 0 Å². The van der Waals surface area contributed by atoms with Crippen LogP contribution >= 0.6 is 15.9 Å². The van der Waals surface area contributed by atoms with Gasteiger partial charge in [0.05, 0.1) is 13.3 Å². The Labute approximate surface area is 119 Å². The molecule has 0 spiro atoms. The zero-order valence-corrected chi connectivity index (χ0v) is 12.0. The van der Waals surface area contributed by atoms with E-state index in [0.717, 1.165) is 28.1 Å². The van der Waals surface area contributed by atoms with E-state index in [0.29, 0.717) is 0 Å². The Kier molecular flexibility index (Phi) is 3.21. The van der Waals surface area contributed by atoms with Crippen molar-refractivity contribution in [2.45, 2.75) is 6.42 Å².